The van der Waals surface area contributed by atoms with Gasteiger partial charge in [0, 0.05) is 19.0 Å². The van der Waals surface area contributed by atoms with E-state index in [-0.39, 0.29) is 6.04 Å². The molecule has 0 heterocycles. The van der Waals surface area contributed by atoms with Crippen molar-refractivity contribution in [2.75, 3.05) is 11.9 Å². The molecule has 4 heteroatoms. The van der Waals surface area contributed by atoms with Crippen LogP contribution < -0.4 is 4.90 Å². The second-order valence-electron chi connectivity index (χ2n) is 3.92. The molecule has 0 saturated heterocycles. The van der Waals surface area contributed by atoms with Crippen molar-refractivity contribution in [1.29, 1.82) is 10.5 Å². The predicted molar refractivity (Wildman–Crippen MR) is 68.8 cm³/mol. The van der Waals surface area contributed by atoms with E-state index in [2.05, 4.69) is 12.1 Å². The number of benzene rings is 1. The van der Waals surface area contributed by atoms with Crippen LogP contribution in [0, 0.1) is 22.7 Å². The average Bonchev–Trinajstić information content (AvgIpc) is 2.37. The number of nitrogens with zero attached hydrogens (tertiary/aromatic N) is 3. The van der Waals surface area contributed by atoms with Gasteiger partial charge in [0.05, 0.1) is 23.7 Å². The van der Waals surface area contributed by atoms with Gasteiger partial charge in [-0.3, -0.25) is 0 Å². The molecular formula is C13H14ClN3. The standard InChI is InChI=1S/C13H14ClN3/c1-10(5-6-15)17(2)13-4-3-11(8-14)7-12(13)9-16/h3-4,7,10H,5,8H2,1-2H3. The van der Waals surface area contributed by atoms with Gasteiger partial charge in [0.1, 0.15) is 6.07 Å². The molecule has 17 heavy (non-hydrogen) atoms. The summed E-state index contributed by atoms with van der Waals surface area (Å²) in [6, 6.07) is 9.95. The molecule has 0 fully saturated rings. The van der Waals surface area contributed by atoms with E-state index in [0.29, 0.717) is 17.9 Å². The van der Waals surface area contributed by atoms with Crippen molar-refractivity contribution in [2.24, 2.45) is 0 Å². The minimum Gasteiger partial charge on any atom is -0.370 e. The highest BCUT2D eigenvalue weighted by Crippen LogP contribution is 2.23. The summed E-state index contributed by atoms with van der Waals surface area (Å²) in [5.74, 6) is 0.395. The molecule has 0 aliphatic heterocycles. The maximum atomic E-state index is 9.11. The maximum absolute atomic E-state index is 9.11. The molecule has 1 aromatic carbocycles. The Labute approximate surface area is 107 Å². The molecular weight excluding hydrogens is 234 g/mol. The fourth-order valence-corrected chi connectivity index (χ4v) is 1.74. The highest BCUT2D eigenvalue weighted by molar-refractivity contribution is 6.17. The Hall–Kier alpha value is -1.71. The first-order valence-corrected chi connectivity index (χ1v) is 5.86. The SMILES string of the molecule is CC(CC#N)N(C)c1ccc(CCl)cc1C#N. The Balaban J connectivity index is 3.06. The zero-order valence-electron chi connectivity index (χ0n) is 9.94. The third-order valence-electron chi connectivity index (χ3n) is 2.76. The van der Waals surface area contributed by atoms with Crippen LogP contribution in [0.4, 0.5) is 5.69 Å². The van der Waals surface area contributed by atoms with Crippen molar-refractivity contribution >= 4 is 17.3 Å². The number of hydrogen-bond acceptors (Lipinski definition) is 3. The van der Waals surface area contributed by atoms with Crippen molar-refractivity contribution < 1.29 is 0 Å². The number of anilines is 1. The quantitative estimate of drug-likeness (QED) is 0.769. The van der Waals surface area contributed by atoms with Gasteiger partial charge in [0.2, 0.25) is 0 Å². The Kier molecular flexibility index (Phi) is 4.82. The molecule has 1 aromatic rings. The minimum absolute atomic E-state index is 0.0777. The molecule has 0 amide bonds. The normalized spacial score (nSPS) is 11.4. The molecule has 3 nitrogen and oxygen atoms in total. The smallest absolute Gasteiger partial charge is 0.101 e. The van der Waals surface area contributed by atoms with Gasteiger partial charge in [0.25, 0.3) is 0 Å². The molecule has 1 unspecified atom stereocenters. The van der Waals surface area contributed by atoms with E-state index in [4.69, 9.17) is 22.1 Å². The van der Waals surface area contributed by atoms with Crippen molar-refractivity contribution in [2.45, 2.75) is 25.3 Å². The second-order valence-corrected chi connectivity index (χ2v) is 4.19. The number of alkyl halides is 1. The summed E-state index contributed by atoms with van der Waals surface area (Å²) in [6.45, 7) is 1.96. The molecule has 0 radical (unpaired) electrons. The lowest BCUT2D eigenvalue weighted by molar-refractivity contribution is 0.702. The number of halogens is 1. The summed E-state index contributed by atoms with van der Waals surface area (Å²) in [6.07, 6.45) is 0.429. The third-order valence-corrected chi connectivity index (χ3v) is 3.07. The van der Waals surface area contributed by atoms with Crippen LogP contribution in [-0.2, 0) is 5.88 Å². The van der Waals surface area contributed by atoms with Gasteiger partial charge in [-0.15, -0.1) is 11.6 Å². The summed E-state index contributed by atoms with van der Waals surface area (Å²) < 4.78 is 0. The van der Waals surface area contributed by atoms with Crippen LogP contribution in [0.25, 0.3) is 0 Å². The molecule has 0 N–H and O–H groups in total. The minimum atomic E-state index is 0.0777. The predicted octanol–water partition coefficient (Wildman–Crippen LogP) is 3.04. The highest BCUT2D eigenvalue weighted by Gasteiger charge is 2.13. The van der Waals surface area contributed by atoms with E-state index in [1.807, 2.05) is 31.0 Å². The van der Waals surface area contributed by atoms with Crippen LogP contribution in [0.5, 0.6) is 0 Å². The lowest BCUT2D eigenvalue weighted by Crippen LogP contribution is -2.29. The zero-order chi connectivity index (χ0) is 12.8. The van der Waals surface area contributed by atoms with Gasteiger partial charge in [-0.25, -0.2) is 0 Å². The lowest BCUT2D eigenvalue weighted by Gasteiger charge is -2.26. The first kappa shape index (κ1) is 13.4. The van der Waals surface area contributed by atoms with Gasteiger partial charge < -0.3 is 4.90 Å². The molecule has 0 spiro atoms. The number of nitriles is 2. The van der Waals surface area contributed by atoms with E-state index < -0.39 is 0 Å². The van der Waals surface area contributed by atoms with Gasteiger partial charge in [-0.05, 0) is 24.6 Å². The van der Waals surface area contributed by atoms with Gasteiger partial charge in [-0.1, -0.05) is 6.07 Å². The Morgan fingerprint density at radius 3 is 2.65 bits per heavy atom. The zero-order valence-corrected chi connectivity index (χ0v) is 10.7. The topological polar surface area (TPSA) is 50.8 Å². The summed E-state index contributed by atoms with van der Waals surface area (Å²) >= 11 is 5.73. The largest absolute Gasteiger partial charge is 0.370 e. The van der Waals surface area contributed by atoms with Gasteiger partial charge in [-0.2, -0.15) is 10.5 Å². The monoisotopic (exact) mass is 247 g/mol. The molecule has 0 aliphatic carbocycles. The lowest BCUT2D eigenvalue weighted by atomic mass is 10.1. The van der Waals surface area contributed by atoms with E-state index in [0.717, 1.165) is 11.3 Å². The van der Waals surface area contributed by atoms with Crippen LogP contribution in [0.1, 0.15) is 24.5 Å². The van der Waals surface area contributed by atoms with Gasteiger partial charge in [0.15, 0.2) is 0 Å². The average molecular weight is 248 g/mol. The van der Waals surface area contributed by atoms with Crippen molar-refractivity contribution in [3.63, 3.8) is 0 Å². The fraction of sp³-hybridized carbons (Fsp3) is 0.385. The Morgan fingerprint density at radius 2 is 2.12 bits per heavy atom. The van der Waals surface area contributed by atoms with Gasteiger partial charge >= 0.3 is 0 Å². The number of rotatable bonds is 4. The summed E-state index contributed by atoms with van der Waals surface area (Å²) in [7, 11) is 1.89. The van der Waals surface area contributed by atoms with Crippen LogP contribution in [-0.4, -0.2) is 13.1 Å². The Bertz CT molecular complexity index is 471. The highest BCUT2D eigenvalue weighted by atomic mass is 35.5. The summed E-state index contributed by atoms with van der Waals surface area (Å²) in [5, 5.41) is 17.8. The van der Waals surface area contributed by atoms with E-state index in [1.54, 1.807) is 6.07 Å². The molecule has 0 aliphatic rings. The number of hydrogen-bond donors (Lipinski definition) is 0. The van der Waals surface area contributed by atoms with E-state index >= 15 is 0 Å². The summed E-state index contributed by atoms with van der Waals surface area (Å²) in [4.78, 5) is 1.94. The molecule has 0 aromatic heterocycles. The first-order valence-electron chi connectivity index (χ1n) is 5.32. The molecule has 1 atom stereocenters. The third kappa shape index (κ3) is 3.12. The van der Waals surface area contributed by atoms with Crippen LogP contribution in [0.2, 0.25) is 0 Å². The first-order chi connectivity index (χ1) is 8.13. The molecule has 0 bridgehead atoms. The van der Waals surface area contributed by atoms with Crippen molar-refractivity contribution in [1.82, 2.24) is 0 Å². The molecule has 88 valence electrons. The molecule has 0 saturated carbocycles. The molecule has 1 rings (SSSR count). The maximum Gasteiger partial charge on any atom is 0.101 e. The summed E-state index contributed by atoms with van der Waals surface area (Å²) in [5.41, 5.74) is 2.35. The van der Waals surface area contributed by atoms with Crippen molar-refractivity contribution in [3.8, 4) is 12.1 Å². The Morgan fingerprint density at radius 1 is 1.41 bits per heavy atom. The van der Waals surface area contributed by atoms with E-state index in [1.165, 1.54) is 0 Å². The van der Waals surface area contributed by atoms with Crippen LogP contribution >= 0.6 is 11.6 Å². The van der Waals surface area contributed by atoms with Crippen LogP contribution in [0.3, 0.4) is 0 Å². The van der Waals surface area contributed by atoms with Crippen LogP contribution in [0.15, 0.2) is 18.2 Å². The second kappa shape index (κ2) is 6.13. The fourth-order valence-electron chi connectivity index (χ4n) is 1.57. The van der Waals surface area contributed by atoms with E-state index in [9.17, 15) is 0 Å². The van der Waals surface area contributed by atoms with Crippen molar-refractivity contribution in [3.05, 3.63) is 29.3 Å².